The maximum atomic E-state index is 12.5. The van der Waals surface area contributed by atoms with Gasteiger partial charge in [0.05, 0.1) is 15.6 Å². The largest absolute Gasteiger partial charge is 0.377 e. The van der Waals surface area contributed by atoms with Crippen molar-refractivity contribution in [2.75, 3.05) is 0 Å². The number of hydrogen-bond donors (Lipinski definition) is 1. The van der Waals surface area contributed by atoms with Gasteiger partial charge in [-0.15, -0.1) is 0 Å². The molecule has 0 saturated carbocycles. The number of amidine groups is 1. The first-order chi connectivity index (χ1) is 15.7. The van der Waals surface area contributed by atoms with Crippen LogP contribution in [0, 0.1) is 13.8 Å². The third-order valence-electron chi connectivity index (χ3n) is 4.68. The summed E-state index contributed by atoms with van der Waals surface area (Å²) in [5, 5.41) is 3.32. The highest BCUT2D eigenvalue weighted by Gasteiger charge is 2.24. The average Bonchev–Trinajstić information content (AvgIpc) is 3.10. The van der Waals surface area contributed by atoms with Crippen molar-refractivity contribution < 1.29 is 17.4 Å². The molecule has 1 amide bonds. The van der Waals surface area contributed by atoms with E-state index < -0.39 is 10.1 Å². The quantitative estimate of drug-likeness (QED) is 0.364. The Labute approximate surface area is 201 Å². The minimum absolute atomic E-state index is 0.00420. The Morgan fingerprint density at radius 3 is 2.24 bits per heavy atom. The van der Waals surface area contributed by atoms with Crippen molar-refractivity contribution in [3.05, 3.63) is 93.3 Å². The first-order valence-corrected chi connectivity index (χ1v) is 12.5. The van der Waals surface area contributed by atoms with Crippen LogP contribution in [-0.2, 0) is 14.9 Å². The summed E-state index contributed by atoms with van der Waals surface area (Å²) < 4.78 is 30.2. The molecule has 0 aromatic heterocycles. The van der Waals surface area contributed by atoms with Crippen LogP contribution in [0.3, 0.4) is 0 Å². The molecule has 33 heavy (non-hydrogen) atoms. The lowest BCUT2D eigenvalue weighted by atomic mass is 10.2. The fourth-order valence-corrected chi connectivity index (χ4v) is 4.98. The molecule has 1 N–H and O–H groups in total. The van der Waals surface area contributed by atoms with Gasteiger partial charge < -0.3 is 9.50 Å². The highest BCUT2D eigenvalue weighted by molar-refractivity contribution is 8.18. The Hall–Kier alpha value is -3.07. The number of halogens is 1. The third-order valence-corrected chi connectivity index (χ3v) is 7.13. The number of aliphatic imine (C=N–C) groups is 1. The Bertz CT molecular complexity index is 1380. The molecule has 0 bridgehead atoms. The number of nitrogens with zero attached hydrogens (tertiary/aromatic N) is 1. The number of rotatable bonds is 5. The second-order valence-corrected chi connectivity index (χ2v) is 10.3. The summed E-state index contributed by atoms with van der Waals surface area (Å²) in [7, 11) is -4.02. The third kappa shape index (κ3) is 5.65. The number of nitrogens with one attached hydrogen (secondary N) is 1. The van der Waals surface area contributed by atoms with E-state index in [-0.39, 0.29) is 21.6 Å². The van der Waals surface area contributed by atoms with E-state index in [1.54, 1.807) is 24.3 Å². The summed E-state index contributed by atoms with van der Waals surface area (Å²) in [5.41, 5.74) is 3.42. The van der Waals surface area contributed by atoms with Gasteiger partial charge in [0.25, 0.3) is 5.91 Å². The minimum atomic E-state index is -4.02. The van der Waals surface area contributed by atoms with E-state index in [0.717, 1.165) is 16.8 Å². The molecule has 0 spiro atoms. The first-order valence-electron chi connectivity index (χ1n) is 9.86. The second kappa shape index (κ2) is 9.43. The molecule has 1 heterocycles. The Kier molecular flexibility index (Phi) is 6.60. The Morgan fingerprint density at radius 2 is 1.61 bits per heavy atom. The van der Waals surface area contributed by atoms with Crippen LogP contribution in [0.5, 0.6) is 5.75 Å². The molecule has 9 heteroatoms. The van der Waals surface area contributed by atoms with Crippen LogP contribution in [0.1, 0.15) is 16.7 Å². The van der Waals surface area contributed by atoms with Crippen molar-refractivity contribution in [3.63, 3.8) is 0 Å². The standard InChI is InChI=1S/C24H19ClN2O4S2/c1-15-3-8-18(9-4-15)26-24-27-23(28)22(32-24)14-17-7-12-21(20(25)13-17)31-33(29,30)19-10-5-16(2)6-11-19/h3-14H,1-2H3,(H,26,27,28). The lowest BCUT2D eigenvalue weighted by molar-refractivity contribution is -0.115. The number of benzene rings is 3. The summed E-state index contributed by atoms with van der Waals surface area (Å²) >= 11 is 7.48. The van der Waals surface area contributed by atoms with Crippen LogP contribution in [0.25, 0.3) is 6.08 Å². The normalized spacial score (nSPS) is 16.3. The van der Waals surface area contributed by atoms with Crippen molar-refractivity contribution in [2.45, 2.75) is 18.7 Å². The zero-order valence-electron chi connectivity index (χ0n) is 17.7. The lowest BCUT2D eigenvalue weighted by Crippen LogP contribution is -2.19. The van der Waals surface area contributed by atoms with Gasteiger partial charge in [-0.25, -0.2) is 4.99 Å². The maximum absolute atomic E-state index is 12.5. The summed E-state index contributed by atoms with van der Waals surface area (Å²) in [5.74, 6) is -0.270. The summed E-state index contributed by atoms with van der Waals surface area (Å²) in [6.45, 7) is 3.85. The zero-order chi connectivity index (χ0) is 23.6. The number of aryl methyl sites for hydroxylation is 2. The van der Waals surface area contributed by atoms with E-state index in [0.29, 0.717) is 15.6 Å². The number of thioether (sulfide) groups is 1. The molecule has 0 atom stereocenters. The van der Waals surface area contributed by atoms with Gasteiger partial charge in [-0.3, -0.25) is 4.79 Å². The van der Waals surface area contributed by atoms with Gasteiger partial charge in [0, 0.05) is 0 Å². The Balaban J connectivity index is 1.51. The van der Waals surface area contributed by atoms with Crippen LogP contribution in [-0.4, -0.2) is 19.5 Å². The number of carbonyl (C=O) groups excluding carboxylic acids is 1. The van der Waals surface area contributed by atoms with E-state index in [4.69, 9.17) is 15.8 Å². The average molecular weight is 499 g/mol. The summed E-state index contributed by atoms with van der Waals surface area (Å²) in [6.07, 6.45) is 1.65. The fourth-order valence-electron chi connectivity index (χ4n) is 2.91. The van der Waals surface area contributed by atoms with Gasteiger partial charge in [-0.1, -0.05) is 53.1 Å². The van der Waals surface area contributed by atoms with E-state index in [2.05, 4.69) is 10.3 Å². The van der Waals surface area contributed by atoms with Crippen LogP contribution < -0.4 is 9.50 Å². The molecule has 3 aromatic rings. The fraction of sp³-hybridized carbons (Fsp3) is 0.0833. The molecule has 0 radical (unpaired) electrons. The number of carbonyl (C=O) groups is 1. The van der Waals surface area contributed by atoms with Crippen molar-refractivity contribution in [2.24, 2.45) is 4.99 Å². The smallest absolute Gasteiger partial charge is 0.339 e. The van der Waals surface area contributed by atoms with E-state index in [1.807, 2.05) is 38.1 Å². The second-order valence-electron chi connectivity index (χ2n) is 7.36. The zero-order valence-corrected chi connectivity index (χ0v) is 20.1. The first kappa shape index (κ1) is 23.1. The van der Waals surface area contributed by atoms with Crippen LogP contribution in [0.15, 0.2) is 81.5 Å². The van der Waals surface area contributed by atoms with Crippen molar-refractivity contribution in [3.8, 4) is 5.75 Å². The SMILES string of the molecule is Cc1ccc(N=C2NC(=O)C(=Cc3ccc(OS(=O)(=O)c4ccc(C)cc4)c(Cl)c3)S2)cc1. The van der Waals surface area contributed by atoms with Gasteiger partial charge >= 0.3 is 10.1 Å². The van der Waals surface area contributed by atoms with Crippen LogP contribution in [0.2, 0.25) is 5.02 Å². The summed E-state index contributed by atoms with van der Waals surface area (Å²) in [6, 6.07) is 18.6. The van der Waals surface area contributed by atoms with Crippen molar-refractivity contribution >= 4 is 56.3 Å². The molecule has 1 fully saturated rings. The van der Waals surface area contributed by atoms with Gasteiger partial charge in [0.1, 0.15) is 4.90 Å². The minimum Gasteiger partial charge on any atom is -0.377 e. The topological polar surface area (TPSA) is 84.8 Å². The molecule has 0 unspecified atom stereocenters. The highest BCUT2D eigenvalue weighted by Crippen LogP contribution is 2.32. The monoisotopic (exact) mass is 498 g/mol. The molecule has 3 aromatic carbocycles. The van der Waals surface area contributed by atoms with Gasteiger partial charge in [-0.05, 0) is 73.6 Å². The van der Waals surface area contributed by atoms with Gasteiger partial charge in [0.2, 0.25) is 0 Å². The lowest BCUT2D eigenvalue weighted by Gasteiger charge is -2.09. The molecular formula is C24H19ClN2O4S2. The molecular weight excluding hydrogens is 480 g/mol. The number of hydrogen-bond acceptors (Lipinski definition) is 6. The molecule has 6 nitrogen and oxygen atoms in total. The Morgan fingerprint density at radius 1 is 0.970 bits per heavy atom. The van der Waals surface area contributed by atoms with Crippen LogP contribution in [0.4, 0.5) is 5.69 Å². The van der Waals surface area contributed by atoms with E-state index in [1.165, 1.54) is 36.0 Å². The van der Waals surface area contributed by atoms with Gasteiger partial charge in [0.15, 0.2) is 10.9 Å². The molecule has 1 saturated heterocycles. The van der Waals surface area contributed by atoms with Gasteiger partial charge in [-0.2, -0.15) is 8.42 Å². The maximum Gasteiger partial charge on any atom is 0.339 e. The molecule has 4 rings (SSSR count). The number of amides is 1. The van der Waals surface area contributed by atoms with E-state index >= 15 is 0 Å². The van der Waals surface area contributed by atoms with Crippen molar-refractivity contribution in [1.29, 1.82) is 0 Å². The van der Waals surface area contributed by atoms with Crippen molar-refractivity contribution in [1.82, 2.24) is 5.32 Å². The highest BCUT2D eigenvalue weighted by atomic mass is 35.5. The van der Waals surface area contributed by atoms with Crippen LogP contribution >= 0.6 is 23.4 Å². The molecule has 1 aliphatic rings. The van der Waals surface area contributed by atoms with E-state index in [9.17, 15) is 13.2 Å². The molecule has 1 aliphatic heterocycles. The predicted octanol–water partition coefficient (Wildman–Crippen LogP) is 5.62. The molecule has 168 valence electrons. The predicted molar refractivity (Wildman–Crippen MR) is 132 cm³/mol. The molecule has 0 aliphatic carbocycles. The summed E-state index contributed by atoms with van der Waals surface area (Å²) in [4.78, 5) is 17.3.